The van der Waals surface area contributed by atoms with Gasteiger partial charge in [-0.1, -0.05) is 12.1 Å². The van der Waals surface area contributed by atoms with Gasteiger partial charge in [-0.15, -0.1) is 11.3 Å². The van der Waals surface area contributed by atoms with E-state index in [4.69, 9.17) is 9.47 Å². The predicted octanol–water partition coefficient (Wildman–Crippen LogP) is 2.63. The number of carbonyl (C=O) groups is 1. The molecule has 0 saturated carbocycles. The lowest BCUT2D eigenvalue weighted by atomic mass is 10.3. The Morgan fingerprint density at radius 2 is 2.23 bits per heavy atom. The zero-order valence-electron chi connectivity index (χ0n) is 12.3. The number of amides is 1. The Labute approximate surface area is 132 Å². The van der Waals surface area contributed by atoms with Crippen LogP contribution in [0.4, 0.5) is 4.39 Å². The van der Waals surface area contributed by atoms with Crippen LogP contribution in [0.25, 0.3) is 0 Å². The summed E-state index contributed by atoms with van der Waals surface area (Å²) in [6.07, 6.45) is -0.363. The summed E-state index contributed by atoms with van der Waals surface area (Å²) in [6, 6.07) is 6.16. The van der Waals surface area contributed by atoms with Gasteiger partial charge in [-0.3, -0.25) is 4.79 Å². The van der Waals surface area contributed by atoms with Crippen LogP contribution in [0, 0.1) is 5.82 Å². The molecule has 1 heterocycles. The van der Waals surface area contributed by atoms with Crippen molar-refractivity contribution in [1.82, 2.24) is 10.3 Å². The number of nitrogens with one attached hydrogen (secondary N) is 1. The monoisotopic (exact) mass is 324 g/mol. The maximum atomic E-state index is 13.5. The predicted molar refractivity (Wildman–Crippen MR) is 81.7 cm³/mol. The lowest BCUT2D eigenvalue weighted by molar-refractivity contribution is 0.0926. The highest BCUT2D eigenvalue weighted by Crippen LogP contribution is 2.16. The van der Waals surface area contributed by atoms with Gasteiger partial charge < -0.3 is 14.8 Å². The number of hydrogen-bond donors (Lipinski definition) is 1. The van der Waals surface area contributed by atoms with Gasteiger partial charge in [-0.05, 0) is 19.1 Å². The van der Waals surface area contributed by atoms with Crippen LogP contribution in [0.5, 0.6) is 5.75 Å². The van der Waals surface area contributed by atoms with Crippen LogP contribution in [0.1, 0.15) is 22.4 Å². The smallest absolute Gasteiger partial charge is 0.270 e. The Morgan fingerprint density at radius 3 is 2.95 bits per heavy atom. The molecule has 1 aromatic carbocycles. The van der Waals surface area contributed by atoms with E-state index in [2.05, 4.69) is 10.3 Å². The van der Waals surface area contributed by atoms with Crippen LogP contribution in [0.15, 0.2) is 29.6 Å². The molecular weight excluding hydrogens is 307 g/mol. The summed E-state index contributed by atoms with van der Waals surface area (Å²) in [5.74, 6) is -0.549. The summed E-state index contributed by atoms with van der Waals surface area (Å²) >= 11 is 1.36. The molecule has 2 rings (SSSR count). The fourth-order valence-corrected chi connectivity index (χ4v) is 2.48. The molecule has 1 amide bonds. The van der Waals surface area contributed by atoms with Crippen molar-refractivity contribution in [1.29, 1.82) is 0 Å². The number of para-hydroxylation sites is 1. The summed E-state index contributed by atoms with van der Waals surface area (Å²) in [7, 11) is 1.57. The topological polar surface area (TPSA) is 60.5 Å². The van der Waals surface area contributed by atoms with E-state index in [1.807, 2.05) is 0 Å². The standard InChI is InChI=1S/C15H17FN2O3S/c1-10(21-13-6-4-3-5-11(13)16)7-17-15(19)12-9-22-14(18-12)8-20-2/h3-6,9-10H,7-8H2,1-2H3,(H,17,19)/t10-/m1/s1. The summed E-state index contributed by atoms with van der Waals surface area (Å²) in [4.78, 5) is 16.1. The largest absolute Gasteiger partial charge is 0.486 e. The Bertz CT molecular complexity index is 633. The minimum atomic E-state index is -0.426. The molecule has 2 aromatic rings. The van der Waals surface area contributed by atoms with Crippen LogP contribution < -0.4 is 10.1 Å². The average molecular weight is 324 g/mol. The normalized spacial score (nSPS) is 12.0. The van der Waals surface area contributed by atoms with E-state index in [0.29, 0.717) is 12.3 Å². The van der Waals surface area contributed by atoms with Gasteiger partial charge in [0.25, 0.3) is 5.91 Å². The third-order valence-corrected chi connectivity index (χ3v) is 3.59. The second-order valence-corrected chi connectivity index (χ2v) is 5.57. The molecule has 0 bridgehead atoms. The van der Waals surface area contributed by atoms with Gasteiger partial charge in [0.2, 0.25) is 0 Å². The van der Waals surface area contributed by atoms with Crippen LogP contribution >= 0.6 is 11.3 Å². The van der Waals surface area contributed by atoms with Crippen molar-refractivity contribution in [2.75, 3.05) is 13.7 Å². The number of carbonyl (C=O) groups excluding carboxylic acids is 1. The first-order chi connectivity index (χ1) is 10.6. The molecule has 1 N–H and O–H groups in total. The molecule has 0 spiro atoms. The van der Waals surface area contributed by atoms with E-state index in [0.717, 1.165) is 5.01 Å². The second kappa shape index (κ2) is 7.86. The Hall–Kier alpha value is -1.99. The van der Waals surface area contributed by atoms with Crippen molar-refractivity contribution in [3.63, 3.8) is 0 Å². The fourth-order valence-electron chi connectivity index (χ4n) is 1.73. The van der Waals surface area contributed by atoms with Crippen molar-refractivity contribution in [3.05, 3.63) is 46.2 Å². The molecule has 0 aliphatic heterocycles. The summed E-state index contributed by atoms with van der Waals surface area (Å²) in [5, 5.41) is 5.12. The van der Waals surface area contributed by atoms with E-state index in [-0.39, 0.29) is 24.3 Å². The summed E-state index contributed by atoms with van der Waals surface area (Å²) < 4.78 is 23.9. The minimum absolute atomic E-state index is 0.167. The van der Waals surface area contributed by atoms with Crippen LogP contribution in [-0.2, 0) is 11.3 Å². The van der Waals surface area contributed by atoms with Gasteiger partial charge in [0, 0.05) is 12.5 Å². The van der Waals surface area contributed by atoms with Gasteiger partial charge in [0.15, 0.2) is 11.6 Å². The van der Waals surface area contributed by atoms with Gasteiger partial charge in [-0.2, -0.15) is 0 Å². The highest BCUT2D eigenvalue weighted by atomic mass is 32.1. The lowest BCUT2D eigenvalue weighted by Crippen LogP contribution is -2.33. The Morgan fingerprint density at radius 1 is 1.45 bits per heavy atom. The maximum Gasteiger partial charge on any atom is 0.270 e. The summed E-state index contributed by atoms with van der Waals surface area (Å²) in [5.41, 5.74) is 0.343. The SMILES string of the molecule is COCc1nc(C(=O)NC[C@@H](C)Oc2ccccc2F)cs1. The molecule has 22 heavy (non-hydrogen) atoms. The van der Waals surface area contributed by atoms with E-state index in [9.17, 15) is 9.18 Å². The van der Waals surface area contributed by atoms with Crippen LogP contribution in [0.2, 0.25) is 0 Å². The molecule has 0 radical (unpaired) electrons. The van der Waals surface area contributed by atoms with Crippen molar-refractivity contribution in [3.8, 4) is 5.75 Å². The number of hydrogen-bond acceptors (Lipinski definition) is 5. The molecule has 5 nitrogen and oxygen atoms in total. The van der Waals surface area contributed by atoms with Crippen molar-refractivity contribution >= 4 is 17.2 Å². The second-order valence-electron chi connectivity index (χ2n) is 4.63. The van der Waals surface area contributed by atoms with Crippen molar-refractivity contribution < 1.29 is 18.7 Å². The van der Waals surface area contributed by atoms with Gasteiger partial charge in [0.05, 0.1) is 13.2 Å². The lowest BCUT2D eigenvalue weighted by Gasteiger charge is -2.15. The zero-order valence-corrected chi connectivity index (χ0v) is 13.2. The van der Waals surface area contributed by atoms with E-state index >= 15 is 0 Å². The zero-order chi connectivity index (χ0) is 15.9. The number of nitrogens with zero attached hydrogens (tertiary/aromatic N) is 1. The number of aromatic nitrogens is 1. The quantitative estimate of drug-likeness (QED) is 0.850. The third kappa shape index (κ3) is 4.51. The molecule has 1 aromatic heterocycles. The Balaban J connectivity index is 1.83. The third-order valence-electron chi connectivity index (χ3n) is 2.77. The van der Waals surface area contributed by atoms with Crippen LogP contribution in [-0.4, -0.2) is 30.6 Å². The van der Waals surface area contributed by atoms with Crippen molar-refractivity contribution in [2.45, 2.75) is 19.6 Å². The molecule has 1 atom stereocenters. The highest BCUT2D eigenvalue weighted by Gasteiger charge is 2.13. The summed E-state index contributed by atoms with van der Waals surface area (Å²) in [6.45, 7) is 2.39. The molecule has 0 aliphatic carbocycles. The number of methoxy groups -OCH3 is 1. The first-order valence-corrected chi connectivity index (χ1v) is 7.61. The van der Waals surface area contributed by atoms with Gasteiger partial charge in [0.1, 0.15) is 16.8 Å². The van der Waals surface area contributed by atoms with Gasteiger partial charge >= 0.3 is 0 Å². The molecule has 0 saturated heterocycles. The number of thiazole rings is 1. The Kier molecular flexibility index (Phi) is 5.85. The molecule has 0 fully saturated rings. The molecule has 0 unspecified atom stereocenters. The number of ether oxygens (including phenoxy) is 2. The molecule has 7 heteroatoms. The number of benzene rings is 1. The fraction of sp³-hybridized carbons (Fsp3) is 0.333. The van der Waals surface area contributed by atoms with E-state index < -0.39 is 5.82 Å². The van der Waals surface area contributed by atoms with E-state index in [1.165, 1.54) is 17.4 Å². The molecule has 0 aliphatic rings. The molecule has 118 valence electrons. The first-order valence-electron chi connectivity index (χ1n) is 6.73. The number of rotatable bonds is 7. The highest BCUT2D eigenvalue weighted by molar-refractivity contribution is 7.09. The number of halogens is 1. The van der Waals surface area contributed by atoms with Crippen LogP contribution in [0.3, 0.4) is 0 Å². The maximum absolute atomic E-state index is 13.5. The van der Waals surface area contributed by atoms with Gasteiger partial charge in [-0.25, -0.2) is 9.37 Å². The average Bonchev–Trinajstić information content (AvgIpc) is 2.96. The van der Waals surface area contributed by atoms with Crippen molar-refractivity contribution in [2.24, 2.45) is 0 Å². The van der Waals surface area contributed by atoms with E-state index in [1.54, 1.807) is 37.6 Å². The molecular formula is C15H17FN2O3S. The first kappa shape index (κ1) is 16.4. The minimum Gasteiger partial charge on any atom is -0.486 e.